The zero-order valence-corrected chi connectivity index (χ0v) is 13.0. The lowest BCUT2D eigenvalue weighted by molar-refractivity contribution is -0.133. The van der Waals surface area contributed by atoms with Gasteiger partial charge < -0.3 is 15.0 Å². The number of halogens is 2. The van der Waals surface area contributed by atoms with Crippen LogP contribution in [0.4, 0.5) is 4.39 Å². The van der Waals surface area contributed by atoms with Gasteiger partial charge in [0.2, 0.25) is 5.91 Å². The molecular formula is C15H22ClFN2O2. The van der Waals surface area contributed by atoms with E-state index in [1.54, 1.807) is 17.0 Å². The molecule has 1 fully saturated rings. The Bertz CT molecular complexity index is 436. The number of hydrogen-bond donors (Lipinski definition) is 1. The van der Waals surface area contributed by atoms with Crippen molar-refractivity contribution in [2.24, 2.45) is 5.92 Å². The zero-order chi connectivity index (χ0) is 14.4. The number of benzene rings is 1. The van der Waals surface area contributed by atoms with Crippen molar-refractivity contribution >= 4 is 18.3 Å². The van der Waals surface area contributed by atoms with Crippen LogP contribution in [0.15, 0.2) is 24.3 Å². The summed E-state index contributed by atoms with van der Waals surface area (Å²) in [6, 6.07) is 5.96. The third kappa shape index (κ3) is 5.52. The summed E-state index contributed by atoms with van der Waals surface area (Å²) in [4.78, 5) is 13.8. The maximum absolute atomic E-state index is 12.7. The van der Waals surface area contributed by atoms with E-state index in [0.29, 0.717) is 18.9 Å². The molecule has 1 aliphatic rings. The third-order valence-electron chi connectivity index (χ3n) is 3.51. The number of nitrogens with zero attached hydrogens (tertiary/aromatic N) is 1. The molecule has 1 unspecified atom stereocenters. The highest BCUT2D eigenvalue weighted by Crippen LogP contribution is 2.12. The normalized spacial score (nSPS) is 17.1. The van der Waals surface area contributed by atoms with Gasteiger partial charge in [-0.05, 0) is 43.7 Å². The van der Waals surface area contributed by atoms with Gasteiger partial charge in [-0.15, -0.1) is 12.4 Å². The van der Waals surface area contributed by atoms with E-state index in [1.165, 1.54) is 12.1 Å². The molecule has 0 bridgehead atoms. The molecule has 0 aliphatic carbocycles. The van der Waals surface area contributed by atoms with Gasteiger partial charge in [0.25, 0.3) is 0 Å². The highest BCUT2D eigenvalue weighted by atomic mass is 35.5. The van der Waals surface area contributed by atoms with Gasteiger partial charge in [-0.2, -0.15) is 0 Å². The minimum atomic E-state index is -0.271. The maximum Gasteiger partial charge on any atom is 0.226 e. The van der Waals surface area contributed by atoms with Crippen molar-refractivity contribution in [3.63, 3.8) is 0 Å². The Balaban J connectivity index is 0.00000220. The molecule has 1 atom stereocenters. The lowest BCUT2D eigenvalue weighted by Gasteiger charge is -2.20. The summed E-state index contributed by atoms with van der Waals surface area (Å²) in [6.07, 6.45) is 1.69. The molecule has 0 saturated carbocycles. The molecule has 1 saturated heterocycles. The predicted octanol–water partition coefficient (Wildman–Crippen LogP) is 2.08. The predicted molar refractivity (Wildman–Crippen MR) is 82.4 cm³/mol. The van der Waals surface area contributed by atoms with Crippen molar-refractivity contribution < 1.29 is 13.9 Å². The number of carbonyl (C=O) groups is 1. The molecule has 1 aliphatic heterocycles. The van der Waals surface area contributed by atoms with E-state index in [-0.39, 0.29) is 30.0 Å². The number of nitrogens with one attached hydrogen (secondary N) is 1. The fourth-order valence-corrected chi connectivity index (χ4v) is 2.31. The smallest absolute Gasteiger partial charge is 0.226 e. The number of ether oxygens (including phenoxy) is 1. The van der Waals surface area contributed by atoms with E-state index >= 15 is 0 Å². The number of carbonyl (C=O) groups excluding carboxylic acids is 1. The lowest BCUT2D eigenvalue weighted by atomic mass is 10.1. The summed E-state index contributed by atoms with van der Waals surface area (Å²) in [5.41, 5.74) is 0. The first-order chi connectivity index (χ1) is 9.66. The maximum atomic E-state index is 12.7. The Morgan fingerprint density at radius 1 is 1.43 bits per heavy atom. The summed E-state index contributed by atoms with van der Waals surface area (Å²) < 4.78 is 18.2. The first-order valence-corrected chi connectivity index (χ1v) is 7.01. The molecule has 1 aromatic carbocycles. The lowest BCUT2D eigenvalue weighted by Crippen LogP contribution is -2.35. The van der Waals surface area contributed by atoms with Crippen LogP contribution in [0.3, 0.4) is 0 Å². The van der Waals surface area contributed by atoms with Crippen molar-refractivity contribution in [2.75, 3.05) is 33.3 Å². The van der Waals surface area contributed by atoms with Crippen LogP contribution in [0.25, 0.3) is 0 Å². The van der Waals surface area contributed by atoms with Gasteiger partial charge in [0.15, 0.2) is 0 Å². The molecule has 118 valence electrons. The van der Waals surface area contributed by atoms with Crippen molar-refractivity contribution in [1.82, 2.24) is 10.2 Å². The minimum Gasteiger partial charge on any atom is -0.494 e. The van der Waals surface area contributed by atoms with Crippen LogP contribution in [0.1, 0.15) is 12.8 Å². The van der Waals surface area contributed by atoms with Crippen LogP contribution in [0.5, 0.6) is 5.75 Å². The number of hydrogen-bond acceptors (Lipinski definition) is 3. The zero-order valence-electron chi connectivity index (χ0n) is 12.2. The molecule has 4 nitrogen and oxygen atoms in total. The standard InChI is InChI=1S/C15H21FN2O2.ClH/c1-18(15(19)12-7-8-17-11-12)9-2-10-20-14-5-3-13(16)4-6-14;/h3-6,12,17H,2,7-11H2,1H3;1H. The molecule has 2 rings (SSSR count). The van der Waals surface area contributed by atoms with Crippen molar-refractivity contribution in [3.8, 4) is 5.75 Å². The van der Waals surface area contributed by atoms with Crippen LogP contribution in [0, 0.1) is 11.7 Å². The van der Waals surface area contributed by atoms with Gasteiger partial charge >= 0.3 is 0 Å². The molecule has 0 radical (unpaired) electrons. The fraction of sp³-hybridized carbons (Fsp3) is 0.533. The van der Waals surface area contributed by atoms with Crippen LogP contribution in [0.2, 0.25) is 0 Å². The van der Waals surface area contributed by atoms with Gasteiger partial charge in [0.1, 0.15) is 11.6 Å². The topological polar surface area (TPSA) is 41.6 Å². The van der Waals surface area contributed by atoms with Gasteiger partial charge in [-0.1, -0.05) is 0 Å². The van der Waals surface area contributed by atoms with Gasteiger partial charge in [-0.3, -0.25) is 4.79 Å². The second kappa shape index (κ2) is 8.85. The number of rotatable bonds is 6. The molecule has 1 heterocycles. The molecule has 0 aromatic heterocycles. The van der Waals surface area contributed by atoms with E-state index < -0.39 is 0 Å². The Labute approximate surface area is 131 Å². The first kappa shape index (κ1) is 17.7. The molecule has 6 heteroatoms. The minimum absolute atomic E-state index is 0. The Morgan fingerprint density at radius 2 is 2.14 bits per heavy atom. The van der Waals surface area contributed by atoms with E-state index in [0.717, 1.165) is 25.9 Å². The average molecular weight is 317 g/mol. The quantitative estimate of drug-likeness (QED) is 0.817. The van der Waals surface area contributed by atoms with Gasteiger partial charge in [-0.25, -0.2) is 4.39 Å². The van der Waals surface area contributed by atoms with Crippen LogP contribution < -0.4 is 10.1 Å². The number of amides is 1. The van der Waals surface area contributed by atoms with Crippen LogP contribution >= 0.6 is 12.4 Å². The second-order valence-electron chi connectivity index (χ2n) is 5.11. The Morgan fingerprint density at radius 3 is 2.76 bits per heavy atom. The monoisotopic (exact) mass is 316 g/mol. The van der Waals surface area contributed by atoms with Gasteiger partial charge in [0.05, 0.1) is 12.5 Å². The van der Waals surface area contributed by atoms with Crippen LogP contribution in [-0.4, -0.2) is 44.1 Å². The summed E-state index contributed by atoms with van der Waals surface area (Å²) in [6.45, 7) is 2.91. The molecule has 1 aromatic rings. The van der Waals surface area contributed by atoms with Crippen LogP contribution in [-0.2, 0) is 4.79 Å². The summed E-state index contributed by atoms with van der Waals surface area (Å²) in [5.74, 6) is 0.711. The van der Waals surface area contributed by atoms with Crippen molar-refractivity contribution in [3.05, 3.63) is 30.1 Å². The summed E-state index contributed by atoms with van der Waals surface area (Å²) in [5, 5.41) is 3.20. The molecule has 1 N–H and O–H groups in total. The van der Waals surface area contributed by atoms with E-state index in [1.807, 2.05) is 7.05 Å². The Kier molecular flexibility index (Phi) is 7.47. The average Bonchev–Trinajstić information content (AvgIpc) is 2.98. The SMILES string of the molecule is CN(CCCOc1ccc(F)cc1)C(=O)C1CCNC1.Cl. The van der Waals surface area contributed by atoms with Crippen molar-refractivity contribution in [1.29, 1.82) is 0 Å². The first-order valence-electron chi connectivity index (χ1n) is 7.01. The van der Waals surface area contributed by atoms with E-state index in [9.17, 15) is 9.18 Å². The van der Waals surface area contributed by atoms with Gasteiger partial charge in [0, 0.05) is 20.1 Å². The van der Waals surface area contributed by atoms with E-state index in [2.05, 4.69) is 5.32 Å². The fourth-order valence-electron chi connectivity index (χ4n) is 2.31. The second-order valence-corrected chi connectivity index (χ2v) is 5.11. The highest BCUT2D eigenvalue weighted by molar-refractivity contribution is 5.85. The molecular weight excluding hydrogens is 295 g/mol. The van der Waals surface area contributed by atoms with Crippen molar-refractivity contribution in [2.45, 2.75) is 12.8 Å². The molecule has 0 spiro atoms. The highest BCUT2D eigenvalue weighted by Gasteiger charge is 2.24. The molecule has 21 heavy (non-hydrogen) atoms. The Hall–Kier alpha value is -1.33. The molecule has 1 amide bonds. The largest absolute Gasteiger partial charge is 0.494 e. The van der Waals surface area contributed by atoms with E-state index in [4.69, 9.17) is 4.74 Å². The summed E-state index contributed by atoms with van der Waals surface area (Å²) >= 11 is 0. The third-order valence-corrected chi connectivity index (χ3v) is 3.51. The summed E-state index contributed by atoms with van der Waals surface area (Å²) in [7, 11) is 1.83.